The normalized spacial score (nSPS) is 12.9. The van der Waals surface area contributed by atoms with Gasteiger partial charge in [-0.15, -0.1) is 0 Å². The van der Waals surface area contributed by atoms with Crippen molar-refractivity contribution in [3.8, 4) is 5.75 Å². The van der Waals surface area contributed by atoms with Crippen LogP contribution in [0.4, 0.5) is 14.5 Å². The molecule has 6 nitrogen and oxygen atoms in total. The lowest BCUT2D eigenvalue weighted by atomic mass is 10.2. The van der Waals surface area contributed by atoms with Crippen molar-refractivity contribution >= 4 is 28.4 Å². The highest BCUT2D eigenvalue weighted by Gasteiger charge is 2.22. The van der Waals surface area contributed by atoms with Gasteiger partial charge in [0.15, 0.2) is 6.10 Å². The summed E-state index contributed by atoms with van der Waals surface area (Å²) in [6.07, 6.45) is 0.192. The Balaban J connectivity index is 2.09. The summed E-state index contributed by atoms with van der Waals surface area (Å²) in [4.78, 5) is 24.8. The van der Waals surface area contributed by atoms with E-state index in [0.29, 0.717) is 0 Å². The van der Waals surface area contributed by atoms with Crippen LogP contribution >= 0.6 is 0 Å². The molecule has 2 aromatic carbocycles. The molecule has 9 heteroatoms. The zero-order valence-corrected chi connectivity index (χ0v) is 15.3. The van der Waals surface area contributed by atoms with E-state index >= 15 is 0 Å². The van der Waals surface area contributed by atoms with Crippen LogP contribution in [0.1, 0.15) is 17.3 Å². The van der Waals surface area contributed by atoms with Crippen LogP contribution in [0, 0.1) is 0 Å². The third kappa shape index (κ3) is 5.58. The zero-order chi connectivity index (χ0) is 20.0. The predicted molar refractivity (Wildman–Crippen MR) is 95.4 cm³/mol. The molecule has 1 N–H and O–H groups in total. The Morgan fingerprint density at radius 2 is 1.70 bits per heavy atom. The number of benzene rings is 2. The van der Waals surface area contributed by atoms with Crippen LogP contribution in [0.5, 0.6) is 5.75 Å². The Morgan fingerprint density at radius 3 is 2.37 bits per heavy atom. The van der Waals surface area contributed by atoms with Crippen molar-refractivity contribution in [1.29, 1.82) is 0 Å². The molecule has 0 radical (unpaired) electrons. The molecule has 144 valence electrons. The van der Waals surface area contributed by atoms with Crippen LogP contribution < -0.4 is 10.1 Å². The minimum atomic E-state index is -3.05. The summed E-state index contributed by atoms with van der Waals surface area (Å²) in [5.74, 6) is -1.77. The van der Waals surface area contributed by atoms with Crippen LogP contribution in [0.15, 0.2) is 53.4 Å². The van der Waals surface area contributed by atoms with E-state index in [-0.39, 0.29) is 21.9 Å². The third-order valence-electron chi connectivity index (χ3n) is 3.43. The second kappa shape index (κ2) is 9.22. The maximum absolute atomic E-state index is 12.4. The minimum absolute atomic E-state index is 0.0146. The number of carbonyl (C=O) groups is 2. The second-order valence-electron chi connectivity index (χ2n) is 5.36. The van der Waals surface area contributed by atoms with Crippen molar-refractivity contribution in [2.24, 2.45) is 0 Å². The second-order valence-corrected chi connectivity index (χ2v) is 6.71. The van der Waals surface area contributed by atoms with Crippen molar-refractivity contribution in [3.05, 3.63) is 54.1 Å². The molecule has 0 aliphatic carbocycles. The van der Waals surface area contributed by atoms with Gasteiger partial charge < -0.3 is 14.8 Å². The van der Waals surface area contributed by atoms with Gasteiger partial charge in [-0.05, 0) is 31.2 Å². The largest absolute Gasteiger partial charge is 0.449 e. The van der Waals surface area contributed by atoms with Crippen LogP contribution in [0.3, 0.4) is 0 Å². The Kier molecular flexibility index (Phi) is 7.00. The summed E-state index contributed by atoms with van der Waals surface area (Å²) >= 11 is 0. The van der Waals surface area contributed by atoms with E-state index < -0.39 is 35.4 Å². The number of rotatable bonds is 7. The van der Waals surface area contributed by atoms with Gasteiger partial charge >= 0.3 is 12.6 Å². The van der Waals surface area contributed by atoms with Gasteiger partial charge in [0, 0.05) is 6.26 Å². The van der Waals surface area contributed by atoms with Crippen LogP contribution in [-0.2, 0) is 20.3 Å². The molecule has 27 heavy (non-hydrogen) atoms. The molecular formula is C18H17F2NO5S. The molecule has 2 rings (SSSR count). The van der Waals surface area contributed by atoms with Gasteiger partial charge in [-0.3, -0.25) is 9.00 Å². The fraction of sp³-hybridized carbons (Fsp3) is 0.222. The molecule has 0 aromatic heterocycles. The standard InChI is InChI=1S/C18H17F2NO5S/c1-11(25-17(23)12-7-3-6-10-15(12)27(2)24)16(22)21-13-8-4-5-9-14(13)26-18(19)20/h3-11,18H,1-2H3,(H,21,22)/t11-,27-/m0/s1. The molecular weight excluding hydrogens is 380 g/mol. The van der Waals surface area contributed by atoms with Crippen LogP contribution in [-0.4, -0.2) is 35.1 Å². The van der Waals surface area contributed by atoms with Gasteiger partial charge in [0.1, 0.15) is 5.75 Å². The summed E-state index contributed by atoms with van der Waals surface area (Å²) in [5, 5.41) is 2.38. The van der Waals surface area contributed by atoms with E-state index in [2.05, 4.69) is 10.1 Å². The summed E-state index contributed by atoms with van der Waals surface area (Å²) in [6.45, 7) is -1.72. The zero-order valence-electron chi connectivity index (χ0n) is 14.5. The van der Waals surface area contributed by atoms with Crippen molar-refractivity contribution in [2.75, 3.05) is 11.6 Å². The Morgan fingerprint density at radius 1 is 1.07 bits per heavy atom. The van der Waals surface area contributed by atoms with Gasteiger partial charge in [0.05, 0.1) is 26.9 Å². The van der Waals surface area contributed by atoms with Crippen molar-refractivity contribution < 1.29 is 32.1 Å². The quantitative estimate of drug-likeness (QED) is 0.726. The van der Waals surface area contributed by atoms with E-state index in [4.69, 9.17) is 4.74 Å². The number of hydrogen-bond acceptors (Lipinski definition) is 5. The van der Waals surface area contributed by atoms with Gasteiger partial charge in [-0.2, -0.15) is 8.78 Å². The number of hydrogen-bond donors (Lipinski definition) is 1. The van der Waals surface area contributed by atoms with Gasteiger partial charge in [-0.1, -0.05) is 24.3 Å². The fourth-order valence-corrected chi connectivity index (χ4v) is 2.90. The first kappa shape index (κ1) is 20.5. The predicted octanol–water partition coefficient (Wildman–Crippen LogP) is 3.21. The van der Waals surface area contributed by atoms with Crippen LogP contribution in [0.2, 0.25) is 0 Å². The molecule has 0 heterocycles. The number of ether oxygens (including phenoxy) is 2. The van der Waals surface area contributed by atoms with Crippen molar-refractivity contribution in [3.63, 3.8) is 0 Å². The third-order valence-corrected chi connectivity index (χ3v) is 4.41. The number of alkyl halides is 2. The molecule has 0 aliphatic heterocycles. The van der Waals surface area contributed by atoms with E-state index in [0.717, 1.165) is 0 Å². The first-order valence-electron chi connectivity index (χ1n) is 7.77. The molecule has 0 spiro atoms. The molecule has 1 amide bonds. The maximum atomic E-state index is 12.4. The number of carbonyl (C=O) groups excluding carboxylic acids is 2. The van der Waals surface area contributed by atoms with Gasteiger partial charge in [0.25, 0.3) is 5.91 Å². The van der Waals surface area contributed by atoms with Gasteiger partial charge in [-0.25, -0.2) is 4.79 Å². The highest BCUT2D eigenvalue weighted by Crippen LogP contribution is 2.25. The number of halogens is 2. The average molecular weight is 397 g/mol. The average Bonchev–Trinajstić information content (AvgIpc) is 2.62. The van der Waals surface area contributed by atoms with Crippen molar-refractivity contribution in [1.82, 2.24) is 0 Å². The monoisotopic (exact) mass is 397 g/mol. The molecule has 2 atom stereocenters. The minimum Gasteiger partial charge on any atom is -0.449 e. The number of amides is 1. The molecule has 2 aromatic rings. The lowest BCUT2D eigenvalue weighted by Crippen LogP contribution is -2.30. The Hall–Kier alpha value is -2.81. The fourth-order valence-electron chi connectivity index (χ4n) is 2.17. The summed E-state index contributed by atoms with van der Waals surface area (Å²) in [6, 6.07) is 11.8. The van der Waals surface area contributed by atoms with E-state index in [1.165, 1.54) is 49.6 Å². The SMILES string of the molecule is C[C@H](OC(=O)c1ccccc1[S@](C)=O)C(=O)Nc1ccccc1OC(F)F. The molecule has 0 bridgehead atoms. The van der Waals surface area contributed by atoms with Crippen LogP contribution in [0.25, 0.3) is 0 Å². The summed E-state index contributed by atoms with van der Waals surface area (Å²) < 4.78 is 46.0. The number of nitrogens with one attached hydrogen (secondary N) is 1. The smallest absolute Gasteiger partial charge is 0.387 e. The van der Waals surface area contributed by atoms with Crippen molar-refractivity contribution in [2.45, 2.75) is 24.5 Å². The molecule has 0 fully saturated rings. The number of para-hydroxylation sites is 2. The Labute approximate surface area is 156 Å². The highest BCUT2D eigenvalue weighted by atomic mass is 32.2. The van der Waals surface area contributed by atoms with E-state index in [1.54, 1.807) is 12.1 Å². The number of anilines is 1. The summed E-state index contributed by atoms with van der Waals surface area (Å²) in [7, 11) is -1.42. The highest BCUT2D eigenvalue weighted by molar-refractivity contribution is 7.84. The molecule has 0 aliphatic rings. The molecule has 0 unspecified atom stereocenters. The van der Waals surface area contributed by atoms with Gasteiger partial charge in [0.2, 0.25) is 0 Å². The number of esters is 1. The Bertz CT molecular complexity index is 859. The summed E-state index contributed by atoms with van der Waals surface area (Å²) in [5.41, 5.74) is 0.0974. The molecule has 0 saturated heterocycles. The van der Waals surface area contributed by atoms with E-state index in [1.807, 2.05) is 0 Å². The first-order valence-corrected chi connectivity index (χ1v) is 9.33. The maximum Gasteiger partial charge on any atom is 0.387 e. The first-order chi connectivity index (χ1) is 12.8. The topological polar surface area (TPSA) is 81.7 Å². The lowest BCUT2D eigenvalue weighted by Gasteiger charge is -2.16. The lowest BCUT2D eigenvalue weighted by molar-refractivity contribution is -0.123. The van der Waals surface area contributed by atoms with E-state index in [9.17, 15) is 22.6 Å². The molecule has 0 saturated carbocycles.